The molecule has 1 aromatic heterocycles. The first-order valence-corrected chi connectivity index (χ1v) is 8.51. The van der Waals surface area contributed by atoms with Crippen LogP contribution in [0.2, 0.25) is 0 Å². The number of carboxylic acids is 1. The number of carbonyl (C=O) groups is 1. The average Bonchev–Trinajstić information content (AvgIpc) is 2.89. The Kier molecular flexibility index (Phi) is 4.15. The largest absolute Gasteiger partial charge is 0.480 e. The molecule has 5 heteroatoms. The van der Waals surface area contributed by atoms with Gasteiger partial charge >= 0.3 is 5.97 Å². The van der Waals surface area contributed by atoms with Crippen LogP contribution in [-0.2, 0) is 17.8 Å². The first-order valence-electron chi connectivity index (χ1n) is 6.84. The molecule has 3 rings (SSSR count). The van der Waals surface area contributed by atoms with E-state index in [1.165, 1.54) is 10.4 Å². The number of hydrogen-bond donors (Lipinski definition) is 1. The van der Waals surface area contributed by atoms with Crippen molar-refractivity contribution in [1.82, 2.24) is 4.90 Å². The number of benzene rings is 1. The maximum Gasteiger partial charge on any atom is 0.325 e. The van der Waals surface area contributed by atoms with Crippen LogP contribution in [0.1, 0.15) is 27.6 Å². The van der Waals surface area contributed by atoms with Crippen molar-refractivity contribution in [1.29, 1.82) is 0 Å². The number of hydrogen-bond acceptors (Lipinski definition) is 3. The first kappa shape index (κ1) is 14.8. The van der Waals surface area contributed by atoms with Crippen LogP contribution in [0, 0.1) is 6.92 Å². The van der Waals surface area contributed by atoms with Gasteiger partial charge in [-0.2, -0.15) is 0 Å². The van der Waals surface area contributed by atoms with Gasteiger partial charge < -0.3 is 5.11 Å². The zero-order valence-electron chi connectivity index (χ0n) is 11.7. The molecule has 0 spiro atoms. The van der Waals surface area contributed by atoms with Gasteiger partial charge in [-0.05, 0) is 47.5 Å². The second-order valence-corrected chi connectivity index (χ2v) is 7.21. The molecule has 0 saturated heterocycles. The van der Waals surface area contributed by atoms with Crippen LogP contribution < -0.4 is 0 Å². The Morgan fingerprint density at radius 2 is 2.29 bits per heavy atom. The minimum absolute atomic E-state index is 0.534. The second kappa shape index (κ2) is 5.91. The van der Waals surface area contributed by atoms with E-state index in [1.54, 1.807) is 11.3 Å². The molecule has 0 bridgehead atoms. The normalized spacial score (nSPS) is 18.5. The Labute approximate surface area is 136 Å². The third-order valence-corrected chi connectivity index (χ3v) is 5.62. The molecule has 1 aliphatic rings. The predicted molar refractivity (Wildman–Crippen MR) is 87.7 cm³/mol. The highest BCUT2D eigenvalue weighted by Crippen LogP contribution is 2.35. The number of rotatable bonds is 3. The highest BCUT2D eigenvalue weighted by molar-refractivity contribution is 9.10. The SMILES string of the molecule is Cc1ccc(CN2CCc3sccc3C2C(=O)O)c(Br)c1. The minimum atomic E-state index is -0.766. The summed E-state index contributed by atoms with van der Waals surface area (Å²) in [4.78, 5) is 15.0. The van der Waals surface area contributed by atoms with Crippen molar-refractivity contribution in [2.45, 2.75) is 25.9 Å². The molecule has 3 nitrogen and oxygen atoms in total. The number of fused-ring (bicyclic) bond motifs is 1. The smallest absolute Gasteiger partial charge is 0.325 e. The fourth-order valence-corrected chi connectivity index (χ4v) is 4.35. The minimum Gasteiger partial charge on any atom is -0.480 e. The molecular weight excluding hydrogens is 350 g/mol. The van der Waals surface area contributed by atoms with E-state index in [0.717, 1.165) is 28.6 Å². The highest BCUT2D eigenvalue weighted by Gasteiger charge is 2.33. The van der Waals surface area contributed by atoms with Crippen LogP contribution >= 0.6 is 27.3 Å². The average molecular weight is 366 g/mol. The molecule has 2 aromatic rings. The van der Waals surface area contributed by atoms with Gasteiger partial charge in [-0.15, -0.1) is 11.3 Å². The van der Waals surface area contributed by atoms with Gasteiger partial charge in [0.05, 0.1) is 0 Å². The van der Waals surface area contributed by atoms with Crippen LogP contribution in [0.15, 0.2) is 34.1 Å². The first-order chi connectivity index (χ1) is 10.1. The Morgan fingerprint density at radius 3 is 3.00 bits per heavy atom. The number of aliphatic carboxylic acids is 1. The van der Waals surface area contributed by atoms with Gasteiger partial charge in [0, 0.05) is 22.4 Å². The van der Waals surface area contributed by atoms with E-state index in [9.17, 15) is 9.90 Å². The lowest BCUT2D eigenvalue weighted by molar-refractivity contribution is -0.144. The van der Waals surface area contributed by atoms with Crippen molar-refractivity contribution in [2.24, 2.45) is 0 Å². The van der Waals surface area contributed by atoms with Crippen LogP contribution in [-0.4, -0.2) is 22.5 Å². The molecule has 0 aliphatic carbocycles. The lowest BCUT2D eigenvalue weighted by Gasteiger charge is -2.33. The molecule has 1 unspecified atom stereocenters. The Hall–Kier alpha value is -1.17. The fraction of sp³-hybridized carbons (Fsp3) is 0.312. The summed E-state index contributed by atoms with van der Waals surface area (Å²) in [6, 6.07) is 7.63. The van der Waals surface area contributed by atoms with Gasteiger partial charge in [-0.3, -0.25) is 9.69 Å². The second-order valence-electron chi connectivity index (χ2n) is 5.36. The molecular formula is C16H16BrNO2S. The third kappa shape index (κ3) is 2.91. The summed E-state index contributed by atoms with van der Waals surface area (Å²) in [5.74, 6) is -0.766. The molecule has 2 heterocycles. The van der Waals surface area contributed by atoms with Crippen molar-refractivity contribution >= 4 is 33.2 Å². The van der Waals surface area contributed by atoms with E-state index in [4.69, 9.17) is 0 Å². The summed E-state index contributed by atoms with van der Waals surface area (Å²) in [5.41, 5.74) is 3.28. The van der Waals surface area contributed by atoms with E-state index in [-0.39, 0.29) is 0 Å². The van der Waals surface area contributed by atoms with Gasteiger partial charge in [-0.25, -0.2) is 0 Å². The summed E-state index contributed by atoms with van der Waals surface area (Å²) >= 11 is 5.24. The Bertz CT molecular complexity index is 683. The molecule has 0 fully saturated rings. The number of halogens is 1. The number of thiophene rings is 1. The number of carboxylic acid groups (broad SMARTS) is 1. The van der Waals surface area contributed by atoms with Crippen LogP contribution in [0.3, 0.4) is 0 Å². The molecule has 21 heavy (non-hydrogen) atoms. The Morgan fingerprint density at radius 1 is 1.48 bits per heavy atom. The van der Waals surface area contributed by atoms with Crippen LogP contribution in [0.5, 0.6) is 0 Å². The molecule has 0 amide bonds. The summed E-state index contributed by atoms with van der Waals surface area (Å²) in [6.45, 7) is 3.48. The molecule has 0 saturated carbocycles. The van der Waals surface area contributed by atoms with Gasteiger partial charge in [-0.1, -0.05) is 28.1 Å². The maximum absolute atomic E-state index is 11.7. The molecule has 1 aliphatic heterocycles. The van der Waals surface area contributed by atoms with Gasteiger partial charge in [0.25, 0.3) is 0 Å². The summed E-state index contributed by atoms with van der Waals surface area (Å²) in [7, 11) is 0. The molecule has 1 N–H and O–H groups in total. The predicted octanol–water partition coefficient (Wildman–Crippen LogP) is 4.00. The van der Waals surface area contributed by atoms with Crippen molar-refractivity contribution in [2.75, 3.05) is 6.54 Å². The third-order valence-electron chi connectivity index (χ3n) is 3.88. The Balaban J connectivity index is 1.90. The number of nitrogens with zero attached hydrogens (tertiary/aromatic N) is 1. The lowest BCUT2D eigenvalue weighted by atomic mass is 9.99. The highest BCUT2D eigenvalue weighted by atomic mass is 79.9. The maximum atomic E-state index is 11.7. The van der Waals surface area contributed by atoms with Crippen molar-refractivity contribution in [3.05, 3.63) is 55.7 Å². The van der Waals surface area contributed by atoms with Crippen molar-refractivity contribution in [3.8, 4) is 0 Å². The van der Waals surface area contributed by atoms with Gasteiger partial charge in [0.1, 0.15) is 6.04 Å². The van der Waals surface area contributed by atoms with E-state index in [1.807, 2.05) is 23.3 Å². The standard InChI is InChI=1S/C16H16BrNO2S/c1-10-2-3-11(13(17)8-10)9-18-6-4-14-12(5-7-21-14)15(18)16(19)20/h2-3,5,7-8,15H,4,6,9H2,1H3,(H,19,20). The summed E-state index contributed by atoms with van der Waals surface area (Å²) in [5, 5.41) is 11.6. The topological polar surface area (TPSA) is 40.5 Å². The summed E-state index contributed by atoms with van der Waals surface area (Å²) < 4.78 is 1.04. The van der Waals surface area contributed by atoms with E-state index in [0.29, 0.717) is 6.54 Å². The van der Waals surface area contributed by atoms with Gasteiger partial charge in [0.2, 0.25) is 0 Å². The van der Waals surface area contributed by atoms with Crippen molar-refractivity contribution in [3.63, 3.8) is 0 Å². The molecule has 110 valence electrons. The lowest BCUT2D eigenvalue weighted by Crippen LogP contribution is -2.38. The fourth-order valence-electron chi connectivity index (χ4n) is 2.83. The molecule has 1 aromatic carbocycles. The zero-order chi connectivity index (χ0) is 15.0. The monoisotopic (exact) mass is 365 g/mol. The van der Waals surface area contributed by atoms with Crippen LogP contribution in [0.4, 0.5) is 0 Å². The number of aryl methyl sites for hydroxylation is 1. The van der Waals surface area contributed by atoms with E-state index < -0.39 is 12.0 Å². The van der Waals surface area contributed by atoms with E-state index >= 15 is 0 Å². The van der Waals surface area contributed by atoms with E-state index in [2.05, 4.69) is 34.1 Å². The van der Waals surface area contributed by atoms with Crippen LogP contribution in [0.25, 0.3) is 0 Å². The quantitative estimate of drug-likeness (QED) is 0.893. The van der Waals surface area contributed by atoms with Gasteiger partial charge in [0.15, 0.2) is 0 Å². The van der Waals surface area contributed by atoms with Crippen molar-refractivity contribution < 1.29 is 9.90 Å². The zero-order valence-corrected chi connectivity index (χ0v) is 14.1. The summed E-state index contributed by atoms with van der Waals surface area (Å²) in [6.07, 6.45) is 0.931. The molecule has 1 atom stereocenters. The molecule has 0 radical (unpaired) electrons.